The van der Waals surface area contributed by atoms with Crippen LogP contribution in [-0.4, -0.2) is 11.0 Å². The Kier molecular flexibility index (Phi) is 5.53. The standard InChI is InChI=1S/C16H22N2OS/c1-2-12-8-10-14(11-9-12)17-16(20)18-15(19)13-6-4-3-5-7-13/h8-11,13H,2-7H2,1H3,(H2,17,18,19,20). The fourth-order valence-electron chi connectivity index (χ4n) is 2.56. The number of aryl methyl sites for hydroxylation is 1. The summed E-state index contributed by atoms with van der Waals surface area (Å²) >= 11 is 5.20. The van der Waals surface area contributed by atoms with E-state index in [9.17, 15) is 4.79 Å². The minimum Gasteiger partial charge on any atom is -0.332 e. The first kappa shape index (κ1) is 15.0. The molecule has 0 bridgehead atoms. The predicted molar refractivity (Wildman–Crippen MR) is 86.8 cm³/mol. The molecule has 0 aromatic heterocycles. The Morgan fingerprint density at radius 1 is 1.20 bits per heavy atom. The molecule has 0 spiro atoms. The third kappa shape index (κ3) is 4.30. The van der Waals surface area contributed by atoms with Crippen LogP contribution in [0.5, 0.6) is 0 Å². The van der Waals surface area contributed by atoms with Gasteiger partial charge in [-0.3, -0.25) is 4.79 Å². The molecule has 1 aromatic rings. The van der Waals surface area contributed by atoms with Gasteiger partial charge in [-0.15, -0.1) is 0 Å². The molecule has 4 heteroatoms. The molecule has 20 heavy (non-hydrogen) atoms. The molecule has 1 saturated carbocycles. The van der Waals surface area contributed by atoms with Gasteiger partial charge >= 0.3 is 0 Å². The first-order chi connectivity index (χ1) is 9.69. The van der Waals surface area contributed by atoms with E-state index < -0.39 is 0 Å². The van der Waals surface area contributed by atoms with E-state index in [1.54, 1.807) is 0 Å². The predicted octanol–water partition coefficient (Wildman–Crippen LogP) is 3.64. The van der Waals surface area contributed by atoms with Crippen LogP contribution >= 0.6 is 12.2 Å². The highest BCUT2D eigenvalue weighted by Gasteiger charge is 2.21. The van der Waals surface area contributed by atoms with Gasteiger partial charge < -0.3 is 10.6 Å². The van der Waals surface area contributed by atoms with Gasteiger partial charge in [0.25, 0.3) is 0 Å². The first-order valence-corrected chi connectivity index (χ1v) is 7.80. The van der Waals surface area contributed by atoms with Crippen molar-refractivity contribution >= 4 is 28.9 Å². The van der Waals surface area contributed by atoms with Crippen molar-refractivity contribution in [3.05, 3.63) is 29.8 Å². The average Bonchev–Trinajstić information content (AvgIpc) is 2.49. The maximum Gasteiger partial charge on any atom is 0.229 e. The second kappa shape index (κ2) is 7.39. The number of amides is 1. The van der Waals surface area contributed by atoms with Crippen LogP contribution in [0.4, 0.5) is 5.69 Å². The highest BCUT2D eigenvalue weighted by atomic mass is 32.1. The van der Waals surface area contributed by atoms with Crippen LogP contribution in [0.15, 0.2) is 24.3 Å². The number of carbonyl (C=O) groups is 1. The zero-order chi connectivity index (χ0) is 14.4. The quantitative estimate of drug-likeness (QED) is 0.835. The van der Waals surface area contributed by atoms with Crippen molar-refractivity contribution in [1.29, 1.82) is 0 Å². The third-order valence-corrected chi connectivity index (χ3v) is 4.04. The van der Waals surface area contributed by atoms with Gasteiger partial charge in [-0.25, -0.2) is 0 Å². The van der Waals surface area contributed by atoms with Crippen LogP contribution in [0.2, 0.25) is 0 Å². The zero-order valence-corrected chi connectivity index (χ0v) is 12.8. The molecule has 1 aromatic carbocycles. The Labute approximate surface area is 126 Å². The van der Waals surface area contributed by atoms with Crippen LogP contribution in [0, 0.1) is 5.92 Å². The molecule has 2 N–H and O–H groups in total. The Morgan fingerprint density at radius 3 is 2.45 bits per heavy atom. The summed E-state index contributed by atoms with van der Waals surface area (Å²) in [6.07, 6.45) is 6.53. The number of rotatable bonds is 3. The van der Waals surface area contributed by atoms with Crippen molar-refractivity contribution in [2.45, 2.75) is 45.4 Å². The van der Waals surface area contributed by atoms with E-state index in [-0.39, 0.29) is 11.8 Å². The molecular weight excluding hydrogens is 268 g/mol. The Bertz CT molecular complexity index is 464. The number of hydrogen-bond acceptors (Lipinski definition) is 2. The largest absolute Gasteiger partial charge is 0.332 e. The van der Waals surface area contributed by atoms with Crippen molar-refractivity contribution in [3.8, 4) is 0 Å². The Hall–Kier alpha value is -1.42. The van der Waals surface area contributed by atoms with Gasteiger partial charge in [-0.1, -0.05) is 38.3 Å². The molecule has 0 saturated heterocycles. The van der Waals surface area contributed by atoms with E-state index in [2.05, 4.69) is 29.7 Å². The molecule has 0 heterocycles. The molecule has 0 radical (unpaired) electrons. The molecule has 108 valence electrons. The molecule has 1 aliphatic carbocycles. The van der Waals surface area contributed by atoms with Crippen molar-refractivity contribution in [1.82, 2.24) is 5.32 Å². The molecule has 1 amide bonds. The summed E-state index contributed by atoms with van der Waals surface area (Å²) in [6.45, 7) is 2.12. The summed E-state index contributed by atoms with van der Waals surface area (Å²) in [5.41, 5.74) is 2.20. The average molecular weight is 290 g/mol. The maximum atomic E-state index is 12.1. The molecule has 0 unspecified atom stereocenters. The summed E-state index contributed by atoms with van der Waals surface area (Å²) in [7, 11) is 0. The minimum atomic E-state index is 0.0624. The molecule has 2 rings (SSSR count). The van der Waals surface area contributed by atoms with E-state index >= 15 is 0 Å². The van der Waals surface area contributed by atoms with E-state index in [0.717, 1.165) is 37.8 Å². The van der Waals surface area contributed by atoms with Crippen LogP contribution in [0.3, 0.4) is 0 Å². The fraction of sp³-hybridized carbons (Fsp3) is 0.500. The molecular formula is C16H22N2OS. The summed E-state index contributed by atoms with van der Waals surface area (Å²) in [5, 5.41) is 6.26. The highest BCUT2D eigenvalue weighted by molar-refractivity contribution is 7.80. The van der Waals surface area contributed by atoms with Gasteiger partial charge in [0.2, 0.25) is 5.91 Å². The number of hydrogen-bond donors (Lipinski definition) is 2. The number of benzene rings is 1. The molecule has 1 aliphatic rings. The Balaban J connectivity index is 1.83. The minimum absolute atomic E-state index is 0.0624. The van der Waals surface area contributed by atoms with E-state index in [1.807, 2.05) is 12.1 Å². The summed E-state index contributed by atoms with van der Waals surface area (Å²) in [5.74, 6) is 0.193. The van der Waals surface area contributed by atoms with Crippen molar-refractivity contribution < 1.29 is 4.79 Å². The van der Waals surface area contributed by atoms with E-state index in [1.165, 1.54) is 12.0 Å². The van der Waals surface area contributed by atoms with E-state index in [4.69, 9.17) is 12.2 Å². The van der Waals surface area contributed by atoms with Gasteiger partial charge in [0.1, 0.15) is 0 Å². The third-order valence-electron chi connectivity index (χ3n) is 3.83. The zero-order valence-electron chi connectivity index (χ0n) is 11.9. The lowest BCUT2D eigenvalue weighted by molar-refractivity contribution is -0.124. The molecule has 1 fully saturated rings. The normalized spacial score (nSPS) is 15.7. The van der Waals surface area contributed by atoms with Gasteiger partial charge in [-0.2, -0.15) is 0 Å². The van der Waals surface area contributed by atoms with Crippen molar-refractivity contribution in [2.75, 3.05) is 5.32 Å². The lowest BCUT2D eigenvalue weighted by atomic mass is 9.89. The highest BCUT2D eigenvalue weighted by Crippen LogP contribution is 2.23. The summed E-state index contributed by atoms with van der Waals surface area (Å²) in [6, 6.07) is 8.09. The SMILES string of the molecule is CCc1ccc(NC(=S)NC(=O)C2CCCCC2)cc1. The van der Waals surface area contributed by atoms with Gasteiger partial charge in [0.15, 0.2) is 5.11 Å². The molecule has 3 nitrogen and oxygen atoms in total. The summed E-state index contributed by atoms with van der Waals surface area (Å²) in [4.78, 5) is 12.1. The molecule has 0 aliphatic heterocycles. The topological polar surface area (TPSA) is 41.1 Å². The number of carbonyl (C=O) groups excluding carboxylic acids is 1. The lowest BCUT2D eigenvalue weighted by Gasteiger charge is -2.21. The monoisotopic (exact) mass is 290 g/mol. The fourth-order valence-corrected chi connectivity index (χ4v) is 2.78. The second-order valence-corrected chi connectivity index (χ2v) is 5.74. The van der Waals surface area contributed by atoms with Gasteiger partial charge in [0.05, 0.1) is 0 Å². The van der Waals surface area contributed by atoms with Crippen LogP contribution in [0.25, 0.3) is 0 Å². The van der Waals surface area contributed by atoms with Crippen LogP contribution in [0.1, 0.15) is 44.6 Å². The number of nitrogens with one attached hydrogen (secondary N) is 2. The van der Waals surface area contributed by atoms with Crippen LogP contribution < -0.4 is 10.6 Å². The second-order valence-electron chi connectivity index (χ2n) is 5.33. The lowest BCUT2D eigenvalue weighted by Crippen LogP contribution is -2.38. The van der Waals surface area contributed by atoms with E-state index in [0.29, 0.717) is 5.11 Å². The van der Waals surface area contributed by atoms with Gasteiger partial charge in [0, 0.05) is 11.6 Å². The van der Waals surface area contributed by atoms with Gasteiger partial charge in [-0.05, 0) is 49.2 Å². The number of anilines is 1. The summed E-state index contributed by atoms with van der Waals surface area (Å²) < 4.78 is 0. The van der Waals surface area contributed by atoms with Crippen LogP contribution in [-0.2, 0) is 11.2 Å². The number of thiocarbonyl (C=S) groups is 1. The maximum absolute atomic E-state index is 12.1. The van der Waals surface area contributed by atoms with Crippen molar-refractivity contribution in [2.24, 2.45) is 5.92 Å². The first-order valence-electron chi connectivity index (χ1n) is 7.40. The smallest absolute Gasteiger partial charge is 0.229 e. The molecule has 0 atom stereocenters. The Morgan fingerprint density at radius 2 is 1.85 bits per heavy atom. The van der Waals surface area contributed by atoms with Crippen molar-refractivity contribution in [3.63, 3.8) is 0 Å².